The number of aromatic nitrogens is 1. The van der Waals surface area contributed by atoms with E-state index in [2.05, 4.69) is 83.1 Å². The first-order valence-corrected chi connectivity index (χ1v) is 20.5. The summed E-state index contributed by atoms with van der Waals surface area (Å²) in [5.74, 6) is -0.0371. The Bertz CT molecular complexity index is 1300. The standard InChI is InChI=1S/C36H58N4O4SSi/c1-11-18-28(22-21-26(5)38-32(41)23-30-25-45-34(37)39-30)27(12-2)24-40(35(42)43-14-4)31(13-3)33(29-19-16-15-17-20-29)44-46(9,10)36(6,7)8/h15-17,19-22,25,27,31,33H,11-14,18,23-24H2,1-10H3,(H2,37,39)(H,38,41). The van der Waals surface area contributed by atoms with E-state index in [4.69, 9.17) is 14.9 Å². The number of anilines is 1. The Morgan fingerprint density at radius 1 is 1.09 bits per heavy atom. The van der Waals surface area contributed by atoms with Crippen LogP contribution < -0.4 is 11.1 Å². The van der Waals surface area contributed by atoms with Crippen molar-refractivity contribution in [3.05, 3.63) is 70.4 Å². The van der Waals surface area contributed by atoms with Crippen LogP contribution in [0.25, 0.3) is 0 Å². The number of carbonyl (C=O) groups is 2. The van der Waals surface area contributed by atoms with Gasteiger partial charge in [-0.25, -0.2) is 9.78 Å². The van der Waals surface area contributed by atoms with Crippen LogP contribution in [0.2, 0.25) is 18.1 Å². The van der Waals surface area contributed by atoms with Crippen molar-refractivity contribution in [1.82, 2.24) is 15.2 Å². The molecule has 3 unspecified atom stereocenters. The second kappa shape index (κ2) is 18.4. The van der Waals surface area contributed by atoms with Gasteiger partial charge >= 0.3 is 6.09 Å². The van der Waals surface area contributed by atoms with Crippen LogP contribution in [0.4, 0.5) is 9.93 Å². The van der Waals surface area contributed by atoms with Crippen LogP contribution in [0.3, 0.4) is 0 Å². The molecule has 0 fully saturated rings. The van der Waals surface area contributed by atoms with Crippen LogP contribution >= 0.6 is 11.3 Å². The molecule has 0 radical (unpaired) electrons. The number of nitrogens with two attached hydrogens (primary N) is 1. The average molecular weight is 671 g/mol. The van der Waals surface area contributed by atoms with E-state index in [0.717, 1.165) is 30.5 Å². The van der Waals surface area contributed by atoms with Crippen LogP contribution in [0, 0.1) is 5.92 Å². The molecule has 0 aliphatic carbocycles. The van der Waals surface area contributed by atoms with Gasteiger partial charge in [0.1, 0.15) is 0 Å². The molecular weight excluding hydrogens is 613 g/mol. The van der Waals surface area contributed by atoms with Crippen molar-refractivity contribution in [1.29, 1.82) is 0 Å². The molecule has 3 atom stereocenters. The van der Waals surface area contributed by atoms with Gasteiger partial charge in [0.15, 0.2) is 13.4 Å². The Kier molecular flexibility index (Phi) is 15.7. The molecule has 2 rings (SSSR count). The maximum atomic E-state index is 13.8. The molecule has 1 aromatic heterocycles. The third kappa shape index (κ3) is 11.7. The van der Waals surface area contributed by atoms with E-state index < -0.39 is 8.32 Å². The van der Waals surface area contributed by atoms with E-state index in [0.29, 0.717) is 30.4 Å². The number of ether oxygens (including phenoxy) is 1. The summed E-state index contributed by atoms with van der Waals surface area (Å²) in [7, 11) is -2.22. The molecule has 2 amide bonds. The molecule has 3 N–H and O–H groups in total. The van der Waals surface area contributed by atoms with Gasteiger partial charge in [-0.15, -0.1) is 11.3 Å². The molecule has 1 heterocycles. The van der Waals surface area contributed by atoms with Crippen molar-refractivity contribution in [2.24, 2.45) is 5.92 Å². The van der Waals surface area contributed by atoms with Crippen molar-refractivity contribution in [3.63, 3.8) is 0 Å². The number of nitrogen functional groups attached to an aromatic ring is 1. The van der Waals surface area contributed by atoms with Gasteiger partial charge in [-0.2, -0.15) is 0 Å². The molecule has 0 saturated heterocycles. The molecule has 0 aliphatic rings. The Labute approximate surface area is 283 Å². The number of rotatable bonds is 17. The van der Waals surface area contributed by atoms with Crippen molar-refractivity contribution in [3.8, 4) is 0 Å². The fourth-order valence-electron chi connectivity index (χ4n) is 5.22. The van der Waals surface area contributed by atoms with Gasteiger partial charge in [0.2, 0.25) is 5.91 Å². The number of allylic oxidation sites excluding steroid dienone is 3. The van der Waals surface area contributed by atoms with Crippen LogP contribution in [-0.4, -0.2) is 49.4 Å². The van der Waals surface area contributed by atoms with Gasteiger partial charge in [0.25, 0.3) is 0 Å². The zero-order chi connectivity index (χ0) is 34.5. The van der Waals surface area contributed by atoms with E-state index in [9.17, 15) is 9.59 Å². The highest BCUT2D eigenvalue weighted by Gasteiger charge is 2.43. The van der Waals surface area contributed by atoms with Gasteiger partial charge in [0, 0.05) is 17.6 Å². The number of carbonyl (C=O) groups excluding carboxylic acids is 2. The lowest BCUT2D eigenvalue weighted by Gasteiger charge is -2.44. The highest BCUT2D eigenvalue weighted by atomic mass is 32.1. The van der Waals surface area contributed by atoms with E-state index in [1.165, 1.54) is 16.9 Å². The summed E-state index contributed by atoms with van der Waals surface area (Å²) < 4.78 is 12.8. The maximum Gasteiger partial charge on any atom is 0.410 e. The fourth-order valence-corrected chi connectivity index (χ4v) is 7.06. The predicted octanol–water partition coefficient (Wildman–Crippen LogP) is 9.04. The number of nitrogens with one attached hydrogen (secondary N) is 1. The summed E-state index contributed by atoms with van der Waals surface area (Å²) in [4.78, 5) is 32.5. The summed E-state index contributed by atoms with van der Waals surface area (Å²) in [5.41, 5.74) is 9.43. The Morgan fingerprint density at radius 2 is 1.76 bits per heavy atom. The number of hydrogen-bond donors (Lipinski definition) is 2. The third-order valence-corrected chi connectivity index (χ3v) is 14.0. The van der Waals surface area contributed by atoms with Crippen molar-refractivity contribution in [2.75, 3.05) is 18.9 Å². The zero-order valence-electron chi connectivity index (χ0n) is 29.8. The number of benzene rings is 1. The number of hydrogen-bond acceptors (Lipinski definition) is 7. The average Bonchev–Trinajstić information content (AvgIpc) is 3.40. The summed E-state index contributed by atoms with van der Waals surface area (Å²) in [6.07, 6.45) is 7.04. The quantitative estimate of drug-likeness (QED) is 0.128. The van der Waals surface area contributed by atoms with E-state index in [1.807, 2.05) is 43.0 Å². The summed E-state index contributed by atoms with van der Waals surface area (Å²) in [6, 6.07) is 10.1. The molecule has 2 aromatic rings. The molecule has 0 aliphatic heterocycles. The molecule has 0 saturated carbocycles. The molecule has 1 aromatic carbocycles. The van der Waals surface area contributed by atoms with Crippen molar-refractivity contribution >= 4 is 36.8 Å². The number of amides is 2. The monoisotopic (exact) mass is 670 g/mol. The SMILES string of the molecule is CCCC(=CC=C(C)NC(=O)Cc1csc(N)n1)C(CC)CN(C(=O)OCC)C(CC)C(O[Si](C)(C)C(C)(C)C)c1ccccc1. The largest absolute Gasteiger partial charge is 0.450 e. The highest BCUT2D eigenvalue weighted by Crippen LogP contribution is 2.42. The summed E-state index contributed by atoms with van der Waals surface area (Å²) >= 11 is 1.33. The van der Waals surface area contributed by atoms with Crippen molar-refractivity contribution < 1.29 is 18.8 Å². The fraction of sp³-hybridized carbons (Fsp3) is 0.583. The Morgan fingerprint density at radius 3 is 2.28 bits per heavy atom. The molecular formula is C36H58N4O4SSi. The first-order valence-electron chi connectivity index (χ1n) is 16.7. The normalized spacial score (nSPS) is 14.8. The van der Waals surface area contributed by atoms with Gasteiger partial charge in [0.05, 0.1) is 30.9 Å². The van der Waals surface area contributed by atoms with E-state index >= 15 is 0 Å². The van der Waals surface area contributed by atoms with Crippen molar-refractivity contribution in [2.45, 2.75) is 118 Å². The topological polar surface area (TPSA) is 107 Å². The lowest BCUT2D eigenvalue weighted by molar-refractivity contribution is -0.119. The van der Waals surface area contributed by atoms with E-state index in [1.54, 1.807) is 5.38 Å². The van der Waals surface area contributed by atoms with Crippen LogP contribution in [0.5, 0.6) is 0 Å². The van der Waals surface area contributed by atoms with Crippen LogP contribution in [0.15, 0.2) is 59.1 Å². The predicted molar refractivity (Wildman–Crippen MR) is 194 cm³/mol. The molecule has 0 spiro atoms. The second-order valence-electron chi connectivity index (χ2n) is 13.4. The molecule has 46 heavy (non-hydrogen) atoms. The first kappa shape index (κ1) is 39.2. The van der Waals surface area contributed by atoms with Gasteiger partial charge < -0.3 is 25.1 Å². The first-order chi connectivity index (χ1) is 21.7. The summed E-state index contributed by atoms with van der Waals surface area (Å²) in [5, 5.41) is 5.23. The number of thiazole rings is 1. The zero-order valence-corrected chi connectivity index (χ0v) is 31.6. The molecule has 0 bridgehead atoms. The van der Waals surface area contributed by atoms with Gasteiger partial charge in [-0.1, -0.05) is 89.9 Å². The molecule has 10 heteroatoms. The smallest absolute Gasteiger partial charge is 0.410 e. The van der Waals surface area contributed by atoms with Gasteiger partial charge in [-0.05, 0) is 68.8 Å². The van der Waals surface area contributed by atoms with E-state index in [-0.39, 0.29) is 41.5 Å². The Hall–Kier alpha value is -2.95. The minimum Gasteiger partial charge on any atom is -0.450 e. The summed E-state index contributed by atoms with van der Waals surface area (Å²) in [6.45, 7) is 22.3. The molecule has 256 valence electrons. The maximum absolute atomic E-state index is 13.8. The third-order valence-electron chi connectivity index (χ3n) is 8.79. The number of nitrogens with zero attached hydrogens (tertiary/aromatic N) is 2. The lowest BCUT2D eigenvalue weighted by Crippen LogP contribution is -2.51. The second-order valence-corrected chi connectivity index (χ2v) is 19.0. The lowest BCUT2D eigenvalue weighted by atomic mass is 9.90. The molecule has 8 nitrogen and oxygen atoms in total. The highest BCUT2D eigenvalue weighted by molar-refractivity contribution is 7.13. The van der Waals surface area contributed by atoms with Gasteiger partial charge in [-0.3, -0.25) is 4.79 Å². The minimum atomic E-state index is -2.22. The minimum absolute atomic E-state index is 0.00323. The Balaban J connectivity index is 2.45. The van der Waals surface area contributed by atoms with Crippen LogP contribution in [-0.2, 0) is 20.4 Å². The van der Waals surface area contributed by atoms with Crippen LogP contribution in [0.1, 0.15) is 98.4 Å².